The van der Waals surface area contributed by atoms with Crippen LogP contribution in [0.15, 0.2) is 60.6 Å². The molecule has 0 bridgehead atoms. The van der Waals surface area contributed by atoms with E-state index in [0.29, 0.717) is 33.3 Å². The van der Waals surface area contributed by atoms with E-state index in [1.54, 1.807) is 12.1 Å². The van der Waals surface area contributed by atoms with Crippen molar-refractivity contribution in [2.45, 2.75) is 27.7 Å². The van der Waals surface area contributed by atoms with Crippen LogP contribution in [-0.2, 0) is 0 Å². The second kappa shape index (κ2) is 10.5. The second-order valence-electron chi connectivity index (χ2n) is 8.79. The van der Waals surface area contributed by atoms with Gasteiger partial charge in [-0.25, -0.2) is 9.67 Å². The van der Waals surface area contributed by atoms with Crippen LogP contribution in [0.4, 0.5) is 0 Å². The summed E-state index contributed by atoms with van der Waals surface area (Å²) in [6.07, 6.45) is 0. The van der Waals surface area contributed by atoms with Gasteiger partial charge in [0, 0.05) is 24.7 Å². The van der Waals surface area contributed by atoms with Crippen LogP contribution in [0.3, 0.4) is 0 Å². The Kier molecular flexibility index (Phi) is 7.90. The molecule has 0 aliphatic carbocycles. The lowest BCUT2D eigenvalue weighted by atomic mass is 10.0. The molecule has 178 valence electrons. The maximum Gasteiger partial charge on any atom is 0.149 e. The Hall–Kier alpha value is -3.02. The summed E-state index contributed by atoms with van der Waals surface area (Å²) in [5, 5.41) is 16.1. The van der Waals surface area contributed by atoms with E-state index in [2.05, 4.69) is 32.1 Å². The number of halogens is 2. The summed E-state index contributed by atoms with van der Waals surface area (Å²) in [6.45, 7) is 16.9. The lowest BCUT2D eigenvalue weighted by molar-refractivity contribution is 0.425. The van der Waals surface area contributed by atoms with Crippen molar-refractivity contribution in [3.63, 3.8) is 0 Å². The number of aryl methyl sites for hydroxylation is 2. The van der Waals surface area contributed by atoms with Crippen LogP contribution in [0.25, 0.3) is 22.7 Å². The van der Waals surface area contributed by atoms with Crippen molar-refractivity contribution in [2.24, 2.45) is 10.9 Å². The second-order valence-corrected chi connectivity index (χ2v) is 9.61. The first-order valence-corrected chi connectivity index (χ1v) is 11.7. The number of benzene rings is 2. The maximum absolute atomic E-state index is 10.5. The largest absolute Gasteiger partial charge is 0.506 e. The quantitative estimate of drug-likeness (QED) is 0.209. The van der Waals surface area contributed by atoms with Gasteiger partial charge in [0.1, 0.15) is 23.1 Å². The van der Waals surface area contributed by atoms with E-state index in [-0.39, 0.29) is 5.76 Å². The van der Waals surface area contributed by atoms with Gasteiger partial charge in [-0.3, -0.25) is 0 Å². The van der Waals surface area contributed by atoms with Crippen molar-refractivity contribution in [3.8, 4) is 11.1 Å². The van der Waals surface area contributed by atoms with Crippen LogP contribution in [0.2, 0.25) is 10.0 Å². The molecule has 0 saturated carbocycles. The van der Waals surface area contributed by atoms with Gasteiger partial charge in [-0.1, -0.05) is 80.0 Å². The van der Waals surface area contributed by atoms with E-state index in [1.165, 1.54) is 4.68 Å². The van der Waals surface area contributed by atoms with Crippen LogP contribution in [-0.4, -0.2) is 39.2 Å². The summed E-state index contributed by atoms with van der Waals surface area (Å²) >= 11 is 12.4. The standard InChI is InChI=1S/C27H30Cl2N4O/c1-16(2)15-32(7)27(22-11-12-23(28)24(29)14-22)30-20(6)33-26(19(5)34)25(18(4)31-33)21-10-8-9-17(3)13-21/h8-14,16,34H,5-6,15H2,1-4,7H3/b30-27-. The number of aliphatic imine (C=N–C) groups is 1. The van der Waals surface area contributed by atoms with Crippen LogP contribution >= 0.6 is 23.2 Å². The zero-order valence-corrected chi connectivity index (χ0v) is 21.7. The molecule has 1 aromatic heterocycles. The van der Waals surface area contributed by atoms with Gasteiger partial charge in [0.25, 0.3) is 0 Å². The Morgan fingerprint density at radius 3 is 2.41 bits per heavy atom. The summed E-state index contributed by atoms with van der Waals surface area (Å²) in [6, 6.07) is 13.4. The molecule has 7 heteroatoms. The van der Waals surface area contributed by atoms with Gasteiger partial charge in [0.2, 0.25) is 0 Å². The fourth-order valence-corrected chi connectivity index (χ4v) is 4.23. The van der Waals surface area contributed by atoms with Crippen molar-refractivity contribution in [2.75, 3.05) is 13.6 Å². The molecular weight excluding hydrogens is 467 g/mol. The highest BCUT2D eigenvalue weighted by Crippen LogP contribution is 2.33. The van der Waals surface area contributed by atoms with Crippen molar-refractivity contribution < 1.29 is 5.11 Å². The van der Waals surface area contributed by atoms with E-state index >= 15 is 0 Å². The lowest BCUT2D eigenvalue weighted by Gasteiger charge is -2.24. The molecule has 1 heterocycles. The SMILES string of the molecule is C=C(O)c1c(-c2cccc(C)c2)c(C)nn1C(=C)/N=C(/c1ccc(Cl)c(Cl)c1)N(C)CC(C)C. The fourth-order valence-electron chi connectivity index (χ4n) is 3.94. The van der Waals surface area contributed by atoms with Gasteiger partial charge >= 0.3 is 0 Å². The third-order valence-corrected chi connectivity index (χ3v) is 6.04. The van der Waals surface area contributed by atoms with E-state index < -0.39 is 0 Å². The van der Waals surface area contributed by atoms with Gasteiger partial charge in [-0.05, 0) is 43.5 Å². The number of aliphatic hydroxyl groups excluding tert-OH is 1. The number of amidine groups is 1. The van der Waals surface area contributed by atoms with E-state index in [9.17, 15) is 5.11 Å². The molecule has 0 aliphatic rings. The van der Waals surface area contributed by atoms with Gasteiger partial charge < -0.3 is 10.0 Å². The summed E-state index contributed by atoms with van der Waals surface area (Å²) < 4.78 is 1.54. The minimum atomic E-state index is -0.111. The first kappa shape index (κ1) is 25.6. The van der Waals surface area contributed by atoms with Crippen molar-refractivity contribution >= 4 is 40.6 Å². The molecule has 0 aliphatic heterocycles. The molecule has 3 aromatic rings. The molecule has 0 atom stereocenters. The minimum Gasteiger partial charge on any atom is -0.506 e. The van der Waals surface area contributed by atoms with Gasteiger partial charge in [-0.2, -0.15) is 5.10 Å². The predicted molar refractivity (Wildman–Crippen MR) is 145 cm³/mol. The number of rotatable bonds is 7. The molecule has 0 spiro atoms. The smallest absolute Gasteiger partial charge is 0.149 e. The first-order valence-electron chi connectivity index (χ1n) is 11.0. The zero-order valence-electron chi connectivity index (χ0n) is 20.2. The number of hydrogen-bond donors (Lipinski definition) is 1. The van der Waals surface area contributed by atoms with Crippen LogP contribution in [0.1, 0.15) is 36.4 Å². The summed E-state index contributed by atoms with van der Waals surface area (Å²) in [7, 11) is 1.97. The molecule has 0 radical (unpaired) electrons. The molecule has 3 rings (SSSR count). The molecule has 0 amide bonds. The van der Waals surface area contributed by atoms with Crippen LogP contribution in [0, 0.1) is 19.8 Å². The molecular formula is C27H30Cl2N4O. The Labute approximate surface area is 211 Å². The van der Waals surface area contributed by atoms with Gasteiger partial charge in [0.05, 0.1) is 15.7 Å². The highest BCUT2D eigenvalue weighted by atomic mass is 35.5. The first-order chi connectivity index (χ1) is 16.0. The molecule has 0 saturated heterocycles. The molecule has 2 aromatic carbocycles. The molecule has 5 nitrogen and oxygen atoms in total. The highest BCUT2D eigenvalue weighted by molar-refractivity contribution is 6.42. The summed E-state index contributed by atoms with van der Waals surface area (Å²) in [4.78, 5) is 6.89. The van der Waals surface area contributed by atoms with Crippen molar-refractivity contribution in [3.05, 3.63) is 88.2 Å². The Morgan fingerprint density at radius 2 is 1.82 bits per heavy atom. The summed E-state index contributed by atoms with van der Waals surface area (Å²) in [5.41, 5.74) is 4.82. The number of aliphatic hydroxyl groups is 1. The van der Waals surface area contributed by atoms with E-state index in [0.717, 1.165) is 34.5 Å². The van der Waals surface area contributed by atoms with Crippen LogP contribution in [0.5, 0.6) is 0 Å². The van der Waals surface area contributed by atoms with E-state index in [4.69, 9.17) is 28.2 Å². The summed E-state index contributed by atoms with van der Waals surface area (Å²) in [5.74, 6) is 1.29. The number of aromatic nitrogens is 2. The normalized spacial score (nSPS) is 11.7. The topological polar surface area (TPSA) is 53.7 Å². The third-order valence-electron chi connectivity index (χ3n) is 5.30. The molecule has 0 unspecified atom stereocenters. The van der Waals surface area contributed by atoms with Crippen molar-refractivity contribution in [1.82, 2.24) is 14.7 Å². The third kappa shape index (κ3) is 5.54. The minimum absolute atomic E-state index is 0.111. The van der Waals surface area contributed by atoms with Crippen LogP contribution < -0.4 is 0 Å². The zero-order chi connectivity index (χ0) is 25.2. The number of nitrogens with zero attached hydrogens (tertiary/aromatic N) is 4. The molecule has 34 heavy (non-hydrogen) atoms. The van der Waals surface area contributed by atoms with Gasteiger partial charge in [0.15, 0.2) is 0 Å². The maximum atomic E-state index is 10.5. The Balaban J connectivity index is 2.16. The predicted octanol–water partition coefficient (Wildman–Crippen LogP) is 7.47. The Bertz CT molecular complexity index is 1270. The molecule has 1 N–H and O–H groups in total. The lowest BCUT2D eigenvalue weighted by Crippen LogP contribution is -2.31. The van der Waals surface area contributed by atoms with E-state index in [1.807, 2.05) is 56.1 Å². The fraction of sp³-hybridized carbons (Fsp3) is 0.259. The monoisotopic (exact) mass is 496 g/mol. The average molecular weight is 497 g/mol. The van der Waals surface area contributed by atoms with Crippen molar-refractivity contribution in [1.29, 1.82) is 0 Å². The average Bonchev–Trinajstić information content (AvgIpc) is 3.11. The number of hydrogen-bond acceptors (Lipinski definition) is 3. The highest BCUT2D eigenvalue weighted by Gasteiger charge is 2.22. The van der Waals surface area contributed by atoms with Gasteiger partial charge in [-0.15, -0.1) is 0 Å². The Morgan fingerprint density at radius 1 is 1.12 bits per heavy atom. The molecule has 0 fully saturated rings.